The third-order valence-electron chi connectivity index (χ3n) is 1.53. The molecule has 0 atom stereocenters. The maximum atomic E-state index is 11.4. The summed E-state index contributed by atoms with van der Waals surface area (Å²) in [7, 11) is 0. The van der Waals surface area contributed by atoms with Crippen molar-refractivity contribution in [2.75, 3.05) is 0 Å². The highest BCUT2D eigenvalue weighted by Gasteiger charge is 2.38. The smallest absolute Gasteiger partial charge is 0.350 e. The first-order valence-electron chi connectivity index (χ1n) is 4.29. The van der Waals surface area contributed by atoms with E-state index in [-0.39, 0.29) is 10.7 Å². The molecule has 0 aliphatic carbocycles. The Kier molecular flexibility index (Phi) is 3.33. The number of cyclic esters (lactones) is 2. The van der Waals surface area contributed by atoms with Crippen molar-refractivity contribution in [3.63, 3.8) is 0 Å². The second kappa shape index (κ2) is 4.35. The summed E-state index contributed by atoms with van der Waals surface area (Å²) in [5.74, 6) is -2.81. The van der Waals surface area contributed by atoms with Gasteiger partial charge in [-0.25, -0.2) is 9.59 Å². The van der Waals surface area contributed by atoms with Crippen LogP contribution in [0.25, 0.3) is 0 Å². The van der Waals surface area contributed by atoms with Gasteiger partial charge in [0.25, 0.3) is 5.79 Å². The number of carbonyl (C=O) groups excluding carboxylic acids is 2. The number of carbonyl (C=O) groups is 2. The summed E-state index contributed by atoms with van der Waals surface area (Å²) < 4.78 is 9.66. The summed E-state index contributed by atoms with van der Waals surface area (Å²) in [6.45, 7) is 2.92. The zero-order valence-electron chi connectivity index (χ0n) is 8.70. The molecule has 0 aromatic rings. The highest BCUT2D eigenvalue weighted by molar-refractivity contribution is 7.80. The van der Waals surface area contributed by atoms with E-state index in [1.165, 1.54) is 13.8 Å². The van der Waals surface area contributed by atoms with Crippen LogP contribution in [0.4, 0.5) is 0 Å². The fraction of sp³-hybridized carbons (Fsp3) is 0.375. The standard InChI is InChI=1S/C8H11N3O4S/c1-8(2)14-5(12)4(6(13)15-8)3-10-11-7(9)16/h3,10H,1-2H3,(H3,9,11,16). The molecule has 0 aromatic heterocycles. The average molecular weight is 245 g/mol. The minimum atomic E-state index is -1.25. The van der Waals surface area contributed by atoms with E-state index in [0.717, 1.165) is 6.20 Å². The van der Waals surface area contributed by atoms with Gasteiger partial charge in [0.15, 0.2) is 10.7 Å². The highest BCUT2D eigenvalue weighted by atomic mass is 32.1. The number of esters is 2. The van der Waals surface area contributed by atoms with Gasteiger partial charge in [0.1, 0.15) is 0 Å². The average Bonchev–Trinajstić information content (AvgIpc) is 2.07. The maximum absolute atomic E-state index is 11.4. The summed E-state index contributed by atoms with van der Waals surface area (Å²) >= 11 is 4.50. The van der Waals surface area contributed by atoms with Crippen LogP contribution in [0.15, 0.2) is 11.8 Å². The van der Waals surface area contributed by atoms with Gasteiger partial charge in [-0.3, -0.25) is 5.43 Å². The number of hydrogen-bond donors (Lipinski definition) is 3. The number of hydrogen-bond acceptors (Lipinski definition) is 6. The molecule has 0 saturated carbocycles. The summed E-state index contributed by atoms with van der Waals surface area (Å²) in [6.07, 6.45) is 1.07. The number of thiocarbonyl (C=S) groups is 1. The second-order valence-electron chi connectivity index (χ2n) is 3.37. The lowest BCUT2D eigenvalue weighted by atomic mass is 10.2. The third-order valence-corrected chi connectivity index (χ3v) is 1.63. The Morgan fingerprint density at radius 2 is 1.88 bits per heavy atom. The number of hydrazine groups is 1. The molecule has 1 rings (SSSR count). The van der Waals surface area contributed by atoms with E-state index >= 15 is 0 Å². The van der Waals surface area contributed by atoms with E-state index in [9.17, 15) is 9.59 Å². The van der Waals surface area contributed by atoms with Gasteiger partial charge >= 0.3 is 11.9 Å². The van der Waals surface area contributed by atoms with Crippen LogP contribution in [0.5, 0.6) is 0 Å². The van der Waals surface area contributed by atoms with Crippen LogP contribution in [0.1, 0.15) is 13.8 Å². The maximum Gasteiger partial charge on any atom is 0.350 e. The molecule has 1 saturated heterocycles. The lowest BCUT2D eigenvalue weighted by Crippen LogP contribution is -2.44. The molecule has 1 aliphatic rings. The van der Waals surface area contributed by atoms with Gasteiger partial charge in [-0.15, -0.1) is 0 Å². The molecule has 0 amide bonds. The topological polar surface area (TPSA) is 103 Å². The van der Waals surface area contributed by atoms with Crippen LogP contribution in [0.2, 0.25) is 0 Å². The van der Waals surface area contributed by atoms with Crippen molar-refractivity contribution in [3.05, 3.63) is 11.8 Å². The fourth-order valence-electron chi connectivity index (χ4n) is 0.958. The predicted octanol–water partition coefficient (Wildman–Crippen LogP) is -0.956. The van der Waals surface area contributed by atoms with Crippen molar-refractivity contribution in [2.45, 2.75) is 19.6 Å². The number of nitrogens with one attached hydrogen (secondary N) is 2. The Balaban J connectivity index is 2.71. The molecule has 1 fully saturated rings. The molecule has 0 aromatic carbocycles. The van der Waals surface area contributed by atoms with E-state index in [1.807, 2.05) is 0 Å². The van der Waals surface area contributed by atoms with E-state index in [1.54, 1.807) is 0 Å². The molecule has 4 N–H and O–H groups in total. The van der Waals surface area contributed by atoms with Gasteiger partial charge in [0, 0.05) is 20.0 Å². The lowest BCUT2D eigenvalue weighted by molar-refractivity contribution is -0.222. The molecule has 16 heavy (non-hydrogen) atoms. The zero-order valence-corrected chi connectivity index (χ0v) is 9.51. The van der Waals surface area contributed by atoms with Gasteiger partial charge < -0.3 is 20.6 Å². The second-order valence-corrected chi connectivity index (χ2v) is 3.81. The fourth-order valence-corrected chi connectivity index (χ4v) is 1.02. The first-order chi connectivity index (χ1) is 7.32. The SMILES string of the molecule is CC1(C)OC(=O)C(=CNNC(N)=S)C(=O)O1. The van der Waals surface area contributed by atoms with Crippen molar-refractivity contribution in [1.82, 2.24) is 10.9 Å². The molecule has 0 spiro atoms. The Bertz CT molecular complexity index is 355. The molecule has 8 heteroatoms. The Hall–Kier alpha value is -1.83. The van der Waals surface area contributed by atoms with Crippen LogP contribution < -0.4 is 16.6 Å². The van der Waals surface area contributed by atoms with Gasteiger partial charge in [0.05, 0.1) is 0 Å². The molecule has 0 radical (unpaired) electrons. The summed E-state index contributed by atoms with van der Waals surface area (Å²) in [5.41, 5.74) is 9.53. The molecule has 88 valence electrons. The van der Waals surface area contributed by atoms with Gasteiger partial charge in [0.2, 0.25) is 0 Å². The van der Waals surface area contributed by atoms with E-state index in [0.29, 0.717) is 0 Å². The van der Waals surface area contributed by atoms with Crippen molar-refractivity contribution in [3.8, 4) is 0 Å². The largest absolute Gasteiger partial charge is 0.419 e. The van der Waals surface area contributed by atoms with Crippen LogP contribution in [-0.2, 0) is 19.1 Å². The van der Waals surface area contributed by atoms with Crippen LogP contribution in [-0.4, -0.2) is 22.8 Å². The molecule has 1 heterocycles. The number of ether oxygens (including phenoxy) is 2. The molecule has 1 aliphatic heterocycles. The van der Waals surface area contributed by atoms with Crippen molar-refractivity contribution in [2.24, 2.45) is 5.73 Å². The molecule has 0 unspecified atom stereocenters. The minimum Gasteiger partial charge on any atom is -0.419 e. The number of rotatable bonds is 2. The summed E-state index contributed by atoms with van der Waals surface area (Å²) in [4.78, 5) is 22.7. The van der Waals surface area contributed by atoms with Gasteiger partial charge in [-0.05, 0) is 12.2 Å². The van der Waals surface area contributed by atoms with Crippen LogP contribution in [0, 0.1) is 0 Å². The van der Waals surface area contributed by atoms with Crippen molar-refractivity contribution in [1.29, 1.82) is 0 Å². The van der Waals surface area contributed by atoms with Gasteiger partial charge in [-0.1, -0.05) is 0 Å². The Morgan fingerprint density at radius 1 is 1.38 bits per heavy atom. The van der Waals surface area contributed by atoms with Crippen molar-refractivity contribution >= 4 is 29.3 Å². The highest BCUT2D eigenvalue weighted by Crippen LogP contribution is 2.21. The van der Waals surface area contributed by atoms with E-state index in [2.05, 4.69) is 23.1 Å². The molecular weight excluding hydrogens is 234 g/mol. The minimum absolute atomic E-state index is 0.0327. The first-order valence-corrected chi connectivity index (χ1v) is 4.70. The van der Waals surface area contributed by atoms with Crippen LogP contribution >= 0.6 is 12.2 Å². The summed E-state index contributed by atoms with van der Waals surface area (Å²) in [6, 6.07) is 0. The van der Waals surface area contributed by atoms with Crippen molar-refractivity contribution < 1.29 is 19.1 Å². The van der Waals surface area contributed by atoms with E-state index in [4.69, 9.17) is 15.2 Å². The van der Waals surface area contributed by atoms with E-state index < -0.39 is 17.7 Å². The molecule has 7 nitrogen and oxygen atoms in total. The quantitative estimate of drug-likeness (QED) is 0.188. The first kappa shape index (κ1) is 12.2. The Morgan fingerprint density at radius 3 is 2.31 bits per heavy atom. The third kappa shape index (κ3) is 3.09. The van der Waals surface area contributed by atoms with Gasteiger partial charge in [-0.2, -0.15) is 0 Å². The van der Waals surface area contributed by atoms with Crippen LogP contribution in [0.3, 0.4) is 0 Å². The number of nitrogens with two attached hydrogens (primary N) is 1. The predicted molar refractivity (Wildman–Crippen MR) is 57.4 cm³/mol. The monoisotopic (exact) mass is 245 g/mol. The zero-order chi connectivity index (χ0) is 12.3. The Labute approximate surface area is 96.9 Å². The molecular formula is C8H11N3O4S. The molecule has 0 bridgehead atoms. The summed E-state index contributed by atoms with van der Waals surface area (Å²) in [5, 5.41) is -0.0327. The normalized spacial score (nSPS) is 18.2. The lowest BCUT2D eigenvalue weighted by Gasteiger charge is -2.29.